The Morgan fingerprint density at radius 1 is 1.47 bits per heavy atom. The molecule has 2 unspecified atom stereocenters. The predicted molar refractivity (Wildman–Crippen MR) is 67.7 cm³/mol. The Morgan fingerprint density at radius 2 is 2.29 bits per heavy atom. The molecule has 0 spiro atoms. The lowest BCUT2D eigenvalue weighted by Gasteiger charge is -2.23. The zero-order chi connectivity index (χ0) is 11.9. The molecule has 0 saturated carbocycles. The minimum Gasteiger partial charge on any atom is -0.385 e. The summed E-state index contributed by atoms with van der Waals surface area (Å²) in [4.78, 5) is 5.14. The van der Waals surface area contributed by atoms with Gasteiger partial charge >= 0.3 is 0 Å². The lowest BCUT2D eigenvalue weighted by atomic mass is 9.92. The molecule has 0 bridgehead atoms. The highest BCUT2D eigenvalue weighted by Gasteiger charge is 2.40. The summed E-state index contributed by atoms with van der Waals surface area (Å²) in [6.07, 6.45) is 3.00. The molecule has 1 aromatic heterocycles. The van der Waals surface area contributed by atoms with Crippen LogP contribution in [-0.4, -0.2) is 10.1 Å². The molecule has 1 aliphatic rings. The van der Waals surface area contributed by atoms with Crippen LogP contribution in [-0.2, 0) is 12.0 Å². The number of rotatable bonds is 2. The van der Waals surface area contributed by atoms with Crippen molar-refractivity contribution in [1.82, 2.24) is 4.98 Å². The van der Waals surface area contributed by atoms with Crippen LogP contribution in [0.4, 0.5) is 0 Å². The van der Waals surface area contributed by atoms with Crippen molar-refractivity contribution in [3.63, 3.8) is 0 Å². The topological polar surface area (TPSA) is 59.1 Å². The first kappa shape index (κ1) is 10.9. The van der Waals surface area contributed by atoms with E-state index in [9.17, 15) is 5.11 Å². The van der Waals surface area contributed by atoms with Gasteiger partial charge in [0.1, 0.15) is 0 Å². The van der Waals surface area contributed by atoms with Crippen molar-refractivity contribution in [3.05, 3.63) is 52.0 Å². The highest BCUT2D eigenvalue weighted by molar-refractivity contribution is 7.09. The molecule has 0 fully saturated rings. The minimum atomic E-state index is -0.831. The van der Waals surface area contributed by atoms with Crippen molar-refractivity contribution in [1.29, 1.82) is 0 Å². The summed E-state index contributed by atoms with van der Waals surface area (Å²) in [5.74, 6) is 0. The molecule has 3 nitrogen and oxygen atoms in total. The lowest BCUT2D eigenvalue weighted by molar-refractivity contribution is 0.0349. The zero-order valence-corrected chi connectivity index (χ0v) is 10.2. The van der Waals surface area contributed by atoms with Crippen LogP contribution in [0.5, 0.6) is 0 Å². The quantitative estimate of drug-likeness (QED) is 0.851. The summed E-state index contributed by atoms with van der Waals surface area (Å²) in [6.45, 7) is 0. The van der Waals surface area contributed by atoms with Crippen LogP contribution in [0.1, 0.15) is 28.5 Å². The molecule has 4 heteroatoms. The van der Waals surface area contributed by atoms with Crippen molar-refractivity contribution < 1.29 is 5.11 Å². The van der Waals surface area contributed by atoms with E-state index in [1.807, 2.05) is 30.5 Å². The maximum atomic E-state index is 10.8. The first-order chi connectivity index (χ1) is 8.19. The summed E-state index contributed by atoms with van der Waals surface area (Å²) < 4.78 is 0. The van der Waals surface area contributed by atoms with Gasteiger partial charge in [-0.2, -0.15) is 0 Å². The summed E-state index contributed by atoms with van der Waals surface area (Å²) in [5, 5.41) is 10.8. The number of aliphatic hydroxyl groups is 1. The monoisotopic (exact) mass is 246 g/mol. The van der Waals surface area contributed by atoms with Crippen molar-refractivity contribution in [2.24, 2.45) is 5.73 Å². The molecule has 0 radical (unpaired) electrons. The van der Waals surface area contributed by atoms with Gasteiger partial charge in [-0.25, -0.2) is 0 Å². The predicted octanol–water partition coefficient (Wildman–Crippen LogP) is 1.98. The third-order valence-electron chi connectivity index (χ3n) is 3.37. The Kier molecular flexibility index (Phi) is 2.50. The number of hydrogen-bond donors (Lipinski definition) is 2. The molecule has 17 heavy (non-hydrogen) atoms. The third-order valence-corrected chi connectivity index (χ3v) is 4.15. The standard InChI is InChI=1S/C13H14N2OS/c14-12-6-13(16,5-9-7-15-8-17-9)11-4-2-1-3-10(11)12/h1-4,7-8,12,16H,5-6,14H2. The Morgan fingerprint density at radius 3 is 3.06 bits per heavy atom. The second kappa shape index (κ2) is 3.91. The molecule has 1 aliphatic carbocycles. The number of nitrogens with zero attached hydrogens (tertiary/aromatic N) is 1. The molecule has 3 rings (SSSR count). The van der Waals surface area contributed by atoms with Gasteiger partial charge in [0.2, 0.25) is 0 Å². The van der Waals surface area contributed by atoms with Gasteiger partial charge < -0.3 is 10.8 Å². The van der Waals surface area contributed by atoms with E-state index in [1.54, 1.807) is 16.8 Å². The van der Waals surface area contributed by atoms with Crippen molar-refractivity contribution >= 4 is 11.3 Å². The number of nitrogens with two attached hydrogens (primary N) is 1. The summed E-state index contributed by atoms with van der Waals surface area (Å²) in [6, 6.07) is 7.84. The van der Waals surface area contributed by atoms with Crippen LogP contribution in [0, 0.1) is 0 Å². The van der Waals surface area contributed by atoms with Gasteiger partial charge in [0, 0.05) is 23.5 Å². The lowest BCUT2D eigenvalue weighted by Crippen LogP contribution is -2.26. The van der Waals surface area contributed by atoms with Gasteiger partial charge in [-0.1, -0.05) is 24.3 Å². The summed E-state index contributed by atoms with van der Waals surface area (Å²) in [5.41, 5.74) is 9.08. The number of benzene rings is 1. The number of fused-ring (bicyclic) bond motifs is 1. The van der Waals surface area contributed by atoms with Crippen LogP contribution in [0.25, 0.3) is 0 Å². The van der Waals surface area contributed by atoms with Crippen molar-refractivity contribution in [2.75, 3.05) is 0 Å². The van der Waals surface area contributed by atoms with Gasteiger partial charge in [0.25, 0.3) is 0 Å². The molecule has 2 aromatic rings. The van der Waals surface area contributed by atoms with Crippen LogP contribution < -0.4 is 5.73 Å². The molecule has 1 aromatic carbocycles. The van der Waals surface area contributed by atoms with Gasteiger partial charge in [-0.15, -0.1) is 11.3 Å². The normalized spacial score (nSPS) is 27.1. The van der Waals surface area contributed by atoms with Gasteiger partial charge in [-0.3, -0.25) is 4.98 Å². The van der Waals surface area contributed by atoms with E-state index in [0.29, 0.717) is 12.8 Å². The Bertz CT molecular complexity index is 526. The van der Waals surface area contributed by atoms with E-state index < -0.39 is 5.60 Å². The van der Waals surface area contributed by atoms with Gasteiger partial charge in [0.05, 0.1) is 11.1 Å². The number of thiazole rings is 1. The van der Waals surface area contributed by atoms with Gasteiger partial charge in [0.15, 0.2) is 0 Å². The molecule has 3 N–H and O–H groups in total. The van der Waals surface area contributed by atoms with Crippen LogP contribution in [0.2, 0.25) is 0 Å². The minimum absolute atomic E-state index is 0.0656. The summed E-state index contributed by atoms with van der Waals surface area (Å²) in [7, 11) is 0. The van der Waals surface area contributed by atoms with E-state index in [2.05, 4.69) is 4.98 Å². The average Bonchev–Trinajstić information content (AvgIpc) is 2.89. The highest BCUT2D eigenvalue weighted by atomic mass is 32.1. The Hall–Kier alpha value is -1.23. The largest absolute Gasteiger partial charge is 0.385 e. The third kappa shape index (κ3) is 1.78. The van der Waals surface area contributed by atoms with Crippen LogP contribution in [0.3, 0.4) is 0 Å². The maximum absolute atomic E-state index is 10.8. The van der Waals surface area contributed by atoms with E-state index in [4.69, 9.17) is 5.73 Å². The van der Waals surface area contributed by atoms with Crippen LogP contribution >= 0.6 is 11.3 Å². The highest BCUT2D eigenvalue weighted by Crippen LogP contribution is 2.44. The molecule has 88 valence electrons. The van der Waals surface area contributed by atoms with Gasteiger partial charge in [-0.05, 0) is 17.5 Å². The molecular weight excluding hydrogens is 232 g/mol. The first-order valence-corrected chi connectivity index (χ1v) is 6.52. The Balaban J connectivity index is 1.99. The smallest absolute Gasteiger partial charge is 0.0966 e. The molecular formula is C13H14N2OS. The second-order valence-electron chi connectivity index (χ2n) is 4.57. The fourth-order valence-electron chi connectivity index (χ4n) is 2.61. The average molecular weight is 246 g/mol. The Labute approximate surface area is 104 Å². The number of aromatic nitrogens is 1. The van der Waals surface area contributed by atoms with E-state index in [1.165, 1.54) is 0 Å². The first-order valence-electron chi connectivity index (χ1n) is 5.64. The number of hydrogen-bond acceptors (Lipinski definition) is 4. The molecule has 1 heterocycles. The second-order valence-corrected chi connectivity index (χ2v) is 5.54. The van der Waals surface area contributed by atoms with Crippen molar-refractivity contribution in [3.8, 4) is 0 Å². The summed E-state index contributed by atoms with van der Waals surface area (Å²) >= 11 is 1.57. The zero-order valence-electron chi connectivity index (χ0n) is 9.34. The molecule has 0 saturated heterocycles. The fraction of sp³-hybridized carbons (Fsp3) is 0.308. The fourth-order valence-corrected chi connectivity index (χ4v) is 3.31. The van der Waals surface area contributed by atoms with E-state index in [0.717, 1.165) is 16.0 Å². The SMILES string of the molecule is NC1CC(O)(Cc2cncs2)c2ccccc21. The maximum Gasteiger partial charge on any atom is 0.0966 e. The molecule has 0 aliphatic heterocycles. The van der Waals surface area contributed by atoms with Crippen LogP contribution in [0.15, 0.2) is 36.0 Å². The van der Waals surface area contributed by atoms with Crippen molar-refractivity contribution in [2.45, 2.75) is 24.5 Å². The molecule has 0 amide bonds. The van der Waals surface area contributed by atoms with E-state index in [-0.39, 0.29) is 6.04 Å². The molecule has 2 atom stereocenters. The van der Waals surface area contributed by atoms with E-state index >= 15 is 0 Å².